The number of nitrogens with zero attached hydrogens (tertiary/aromatic N) is 1. The van der Waals surface area contributed by atoms with Crippen molar-refractivity contribution in [1.82, 2.24) is 0 Å². The Bertz CT molecular complexity index is 1180. The summed E-state index contributed by atoms with van der Waals surface area (Å²) < 4.78 is 0. The molecule has 4 fully saturated rings. The summed E-state index contributed by atoms with van der Waals surface area (Å²) in [6.07, 6.45) is 7.16. The van der Waals surface area contributed by atoms with Gasteiger partial charge in [0.25, 0.3) is 0 Å². The number of hydrogen-bond acceptors (Lipinski definition) is 1. The van der Waals surface area contributed by atoms with Crippen LogP contribution in [0.4, 0.5) is 0 Å². The molecule has 0 amide bonds. The van der Waals surface area contributed by atoms with E-state index in [-0.39, 0.29) is 5.41 Å². The highest BCUT2D eigenvalue weighted by molar-refractivity contribution is 5.93. The normalized spacial score (nSPS) is 32.1. The monoisotopic (exact) mass is 387 g/mol. The zero-order chi connectivity index (χ0) is 19.9. The van der Waals surface area contributed by atoms with E-state index in [4.69, 9.17) is 0 Å². The summed E-state index contributed by atoms with van der Waals surface area (Å²) in [5, 5.41) is 9.22. The summed E-state index contributed by atoms with van der Waals surface area (Å²) in [7, 11) is 0. The van der Waals surface area contributed by atoms with Crippen LogP contribution < -0.4 is 0 Å². The first-order valence-corrected chi connectivity index (χ1v) is 11.5. The van der Waals surface area contributed by atoms with E-state index in [1.807, 2.05) is 12.1 Å². The van der Waals surface area contributed by atoms with Gasteiger partial charge in [-0.25, -0.2) is 0 Å². The van der Waals surface area contributed by atoms with Gasteiger partial charge in [0.1, 0.15) is 0 Å². The molecule has 0 aromatic heterocycles. The molecule has 1 spiro atoms. The Kier molecular flexibility index (Phi) is 3.30. The zero-order valence-corrected chi connectivity index (χ0v) is 17.1. The van der Waals surface area contributed by atoms with Gasteiger partial charge in [-0.2, -0.15) is 5.26 Å². The van der Waals surface area contributed by atoms with Crippen LogP contribution in [0, 0.1) is 35.0 Å². The number of benzene rings is 3. The molecule has 3 aromatic rings. The second-order valence-corrected chi connectivity index (χ2v) is 10.1. The van der Waals surface area contributed by atoms with Crippen LogP contribution in [0.1, 0.15) is 48.8 Å². The fourth-order valence-electron chi connectivity index (χ4n) is 8.17. The highest BCUT2D eigenvalue weighted by atomic mass is 14.6. The number of fused-ring (bicyclic) bond motifs is 3. The first-order chi connectivity index (χ1) is 14.8. The van der Waals surface area contributed by atoms with Crippen molar-refractivity contribution < 1.29 is 0 Å². The summed E-state index contributed by atoms with van der Waals surface area (Å²) >= 11 is 0. The van der Waals surface area contributed by atoms with Crippen LogP contribution in [0.5, 0.6) is 0 Å². The van der Waals surface area contributed by atoms with Crippen molar-refractivity contribution in [2.45, 2.75) is 37.5 Å². The van der Waals surface area contributed by atoms with Gasteiger partial charge in [-0.15, -0.1) is 0 Å². The fraction of sp³-hybridized carbons (Fsp3) is 0.345. The van der Waals surface area contributed by atoms with Crippen molar-refractivity contribution in [3.05, 3.63) is 83.4 Å². The Morgan fingerprint density at radius 3 is 2.00 bits per heavy atom. The minimum atomic E-state index is 0.224. The van der Waals surface area contributed by atoms with Crippen LogP contribution >= 0.6 is 0 Å². The van der Waals surface area contributed by atoms with Crippen molar-refractivity contribution in [2.24, 2.45) is 23.7 Å². The van der Waals surface area contributed by atoms with E-state index in [0.29, 0.717) is 0 Å². The molecule has 8 rings (SSSR count). The van der Waals surface area contributed by atoms with Crippen LogP contribution in [0.2, 0.25) is 0 Å². The van der Waals surface area contributed by atoms with Crippen LogP contribution in [-0.2, 0) is 5.41 Å². The molecule has 0 N–H and O–H groups in total. The van der Waals surface area contributed by atoms with E-state index >= 15 is 0 Å². The maximum atomic E-state index is 9.22. The molecule has 30 heavy (non-hydrogen) atoms. The molecule has 5 aliphatic rings. The van der Waals surface area contributed by atoms with Crippen LogP contribution in [-0.4, -0.2) is 0 Å². The molecule has 4 bridgehead atoms. The van der Waals surface area contributed by atoms with Gasteiger partial charge in [0.05, 0.1) is 11.6 Å². The summed E-state index contributed by atoms with van der Waals surface area (Å²) in [6.45, 7) is 0. The topological polar surface area (TPSA) is 23.8 Å². The van der Waals surface area contributed by atoms with Gasteiger partial charge < -0.3 is 0 Å². The Morgan fingerprint density at radius 1 is 0.667 bits per heavy atom. The predicted molar refractivity (Wildman–Crippen MR) is 120 cm³/mol. The van der Waals surface area contributed by atoms with Gasteiger partial charge in [0.15, 0.2) is 0 Å². The maximum absolute atomic E-state index is 9.22. The lowest BCUT2D eigenvalue weighted by Gasteiger charge is -2.61. The average molecular weight is 388 g/mol. The molecule has 1 nitrogen and oxygen atoms in total. The largest absolute Gasteiger partial charge is 0.192 e. The lowest BCUT2D eigenvalue weighted by molar-refractivity contribution is -0.0399. The smallest absolute Gasteiger partial charge is 0.0991 e. The van der Waals surface area contributed by atoms with Gasteiger partial charge in [-0.05, 0) is 101 Å². The molecular weight excluding hydrogens is 362 g/mol. The van der Waals surface area contributed by atoms with Gasteiger partial charge >= 0.3 is 0 Å². The Hall–Kier alpha value is -2.85. The molecule has 0 atom stereocenters. The summed E-state index contributed by atoms with van der Waals surface area (Å²) in [6, 6.07) is 26.7. The molecule has 1 heteroatoms. The van der Waals surface area contributed by atoms with Crippen molar-refractivity contribution in [2.75, 3.05) is 0 Å². The SMILES string of the molecule is N#Cc1ccc(-c2cccc3c2-c2ccccc2C32C3CC4CC(C3)CC2C4)cc1. The molecule has 0 aliphatic heterocycles. The highest BCUT2D eigenvalue weighted by Crippen LogP contribution is 2.69. The molecule has 0 radical (unpaired) electrons. The van der Waals surface area contributed by atoms with Crippen LogP contribution in [0.25, 0.3) is 22.3 Å². The predicted octanol–water partition coefficient (Wildman–Crippen LogP) is 6.95. The Labute approximate surface area is 178 Å². The average Bonchev–Trinajstić information content (AvgIpc) is 3.08. The first-order valence-electron chi connectivity index (χ1n) is 11.5. The van der Waals surface area contributed by atoms with Crippen LogP contribution in [0.3, 0.4) is 0 Å². The first kappa shape index (κ1) is 16.9. The van der Waals surface area contributed by atoms with E-state index in [1.165, 1.54) is 54.4 Å². The minimum Gasteiger partial charge on any atom is -0.192 e. The summed E-state index contributed by atoms with van der Waals surface area (Å²) in [4.78, 5) is 0. The Morgan fingerprint density at radius 2 is 1.30 bits per heavy atom. The lowest BCUT2D eigenvalue weighted by atomic mass is 9.43. The van der Waals surface area contributed by atoms with E-state index in [1.54, 1.807) is 11.1 Å². The molecule has 3 aromatic carbocycles. The third-order valence-electron chi connectivity index (χ3n) is 8.90. The summed E-state index contributed by atoms with van der Waals surface area (Å²) in [5.74, 6) is 3.53. The van der Waals surface area contributed by atoms with E-state index in [0.717, 1.165) is 29.2 Å². The van der Waals surface area contributed by atoms with Gasteiger partial charge in [0.2, 0.25) is 0 Å². The standard InChI is InChI=1S/C29H25N/c30-17-18-8-10-21(11-9-18)24-5-3-7-27-28(24)25-4-1-2-6-26(25)29(27)22-13-19-12-20(15-22)16-23(29)14-19/h1-11,19-20,22-23H,12-16H2. The zero-order valence-electron chi connectivity index (χ0n) is 17.1. The molecular formula is C29H25N. The number of hydrogen-bond donors (Lipinski definition) is 0. The molecule has 0 heterocycles. The van der Waals surface area contributed by atoms with E-state index in [9.17, 15) is 5.26 Å². The van der Waals surface area contributed by atoms with Crippen molar-refractivity contribution >= 4 is 0 Å². The van der Waals surface area contributed by atoms with Crippen molar-refractivity contribution in [1.29, 1.82) is 5.26 Å². The van der Waals surface area contributed by atoms with Crippen molar-refractivity contribution in [3.8, 4) is 28.3 Å². The highest BCUT2D eigenvalue weighted by Gasteiger charge is 2.61. The van der Waals surface area contributed by atoms with E-state index < -0.39 is 0 Å². The third-order valence-corrected chi connectivity index (χ3v) is 8.90. The third kappa shape index (κ3) is 1.98. The molecule has 4 saturated carbocycles. The molecule has 0 unspecified atom stereocenters. The van der Waals surface area contributed by atoms with E-state index in [2.05, 4.69) is 60.7 Å². The molecule has 5 aliphatic carbocycles. The minimum absolute atomic E-state index is 0.224. The number of nitriles is 1. The van der Waals surface area contributed by atoms with Gasteiger partial charge in [-0.1, -0.05) is 54.6 Å². The second-order valence-electron chi connectivity index (χ2n) is 10.1. The van der Waals surface area contributed by atoms with Crippen molar-refractivity contribution in [3.63, 3.8) is 0 Å². The summed E-state index contributed by atoms with van der Waals surface area (Å²) in [5.41, 5.74) is 9.63. The van der Waals surface area contributed by atoms with Gasteiger partial charge in [0, 0.05) is 5.41 Å². The maximum Gasteiger partial charge on any atom is 0.0991 e. The quantitative estimate of drug-likeness (QED) is 0.443. The number of rotatable bonds is 1. The molecule has 0 saturated heterocycles. The second kappa shape index (κ2) is 5.86. The van der Waals surface area contributed by atoms with Gasteiger partial charge in [-0.3, -0.25) is 0 Å². The Balaban J connectivity index is 1.51. The fourth-order valence-corrected chi connectivity index (χ4v) is 8.17. The van der Waals surface area contributed by atoms with Crippen LogP contribution in [0.15, 0.2) is 66.7 Å². The lowest BCUT2D eigenvalue weighted by Crippen LogP contribution is -2.55. The molecule has 146 valence electrons.